The number of ether oxygens (including phenoxy) is 1. The molecule has 0 amide bonds. The van der Waals surface area contributed by atoms with Crippen LogP contribution in [0.4, 0.5) is 0 Å². The predicted octanol–water partition coefficient (Wildman–Crippen LogP) is 3.42. The molecule has 2 aromatic rings. The van der Waals surface area contributed by atoms with Crippen LogP contribution in [-0.2, 0) is 11.3 Å². The summed E-state index contributed by atoms with van der Waals surface area (Å²) in [6.07, 6.45) is 7.92. The van der Waals surface area contributed by atoms with Gasteiger partial charge in [0.1, 0.15) is 0 Å². The topological polar surface area (TPSA) is 33.5 Å². The van der Waals surface area contributed by atoms with Gasteiger partial charge in [-0.2, -0.15) is 5.10 Å². The first-order valence-corrected chi connectivity index (χ1v) is 10.6. The first-order chi connectivity index (χ1) is 13.6. The van der Waals surface area contributed by atoms with Crippen LogP contribution in [0.1, 0.15) is 36.0 Å². The summed E-state index contributed by atoms with van der Waals surface area (Å²) in [6.45, 7) is 12.2. The van der Waals surface area contributed by atoms with Gasteiger partial charge in [0.15, 0.2) is 0 Å². The summed E-state index contributed by atoms with van der Waals surface area (Å²) in [5.41, 5.74) is 5.78. The quantitative estimate of drug-likeness (QED) is 0.767. The van der Waals surface area contributed by atoms with Gasteiger partial charge in [0.05, 0.1) is 12.3 Å². The lowest BCUT2D eigenvalue weighted by Crippen LogP contribution is -2.45. The van der Waals surface area contributed by atoms with E-state index in [1.54, 1.807) is 7.11 Å². The summed E-state index contributed by atoms with van der Waals surface area (Å²) in [5.74, 6) is 0. The van der Waals surface area contributed by atoms with E-state index in [1.807, 2.05) is 16.9 Å². The number of aromatic nitrogens is 2. The molecule has 2 saturated heterocycles. The Morgan fingerprint density at radius 2 is 1.96 bits per heavy atom. The largest absolute Gasteiger partial charge is 0.383 e. The summed E-state index contributed by atoms with van der Waals surface area (Å²) >= 11 is 0. The van der Waals surface area contributed by atoms with E-state index in [0.29, 0.717) is 5.41 Å². The number of likely N-dealkylation sites (tertiary alicyclic amines) is 2. The maximum atomic E-state index is 5.31. The molecule has 1 aromatic heterocycles. The zero-order valence-corrected chi connectivity index (χ0v) is 17.7. The van der Waals surface area contributed by atoms with Crippen LogP contribution in [0.3, 0.4) is 0 Å². The van der Waals surface area contributed by atoms with E-state index >= 15 is 0 Å². The molecule has 2 fully saturated rings. The molecule has 2 aliphatic rings. The average molecular weight is 383 g/mol. The second-order valence-electron chi connectivity index (χ2n) is 8.86. The Bertz CT molecular complexity index is 788. The fourth-order valence-electron chi connectivity index (χ4n) is 5.24. The van der Waals surface area contributed by atoms with Crippen molar-refractivity contribution >= 4 is 0 Å². The molecule has 0 N–H and O–H groups in total. The Hall–Kier alpha value is -1.69. The van der Waals surface area contributed by atoms with Crippen LogP contribution in [0, 0.1) is 19.3 Å². The Morgan fingerprint density at radius 1 is 1.11 bits per heavy atom. The predicted molar refractivity (Wildman–Crippen MR) is 113 cm³/mol. The average Bonchev–Trinajstić information content (AvgIpc) is 3.33. The zero-order chi connectivity index (χ0) is 19.6. The van der Waals surface area contributed by atoms with Crippen LogP contribution in [-0.4, -0.2) is 66.0 Å². The number of rotatable bonds is 6. The van der Waals surface area contributed by atoms with Gasteiger partial charge < -0.3 is 9.64 Å². The lowest BCUT2D eigenvalue weighted by molar-refractivity contribution is 0.0673. The minimum Gasteiger partial charge on any atom is -0.383 e. The lowest BCUT2D eigenvalue weighted by atomic mass is 9.79. The molecule has 3 heterocycles. The highest BCUT2D eigenvalue weighted by Crippen LogP contribution is 2.40. The minimum absolute atomic E-state index is 0.469. The first-order valence-electron chi connectivity index (χ1n) is 10.6. The van der Waals surface area contributed by atoms with Gasteiger partial charge in [-0.1, -0.05) is 6.07 Å². The molecule has 5 nitrogen and oxygen atoms in total. The molecule has 0 bridgehead atoms. The molecule has 1 atom stereocenters. The smallest absolute Gasteiger partial charge is 0.0695 e. The van der Waals surface area contributed by atoms with Crippen molar-refractivity contribution in [2.75, 3.05) is 46.4 Å². The van der Waals surface area contributed by atoms with Crippen molar-refractivity contribution in [1.82, 2.24) is 19.6 Å². The van der Waals surface area contributed by atoms with Crippen molar-refractivity contribution in [3.8, 4) is 5.69 Å². The van der Waals surface area contributed by atoms with E-state index in [-0.39, 0.29) is 0 Å². The molecular weight excluding hydrogens is 348 g/mol. The highest BCUT2D eigenvalue weighted by molar-refractivity contribution is 5.48. The summed E-state index contributed by atoms with van der Waals surface area (Å²) in [5, 5.41) is 4.51. The molecule has 0 saturated carbocycles. The number of methoxy groups -OCH3 is 1. The van der Waals surface area contributed by atoms with Gasteiger partial charge in [-0.15, -0.1) is 0 Å². The normalized spacial score (nSPS) is 23.7. The third kappa shape index (κ3) is 4.17. The third-order valence-electron chi connectivity index (χ3n) is 6.60. The van der Waals surface area contributed by atoms with Crippen LogP contribution in [0.5, 0.6) is 0 Å². The summed E-state index contributed by atoms with van der Waals surface area (Å²) in [6, 6.07) is 6.58. The molecule has 28 heavy (non-hydrogen) atoms. The number of hydrogen-bond donors (Lipinski definition) is 0. The van der Waals surface area contributed by atoms with Gasteiger partial charge in [-0.25, -0.2) is 4.68 Å². The monoisotopic (exact) mass is 382 g/mol. The van der Waals surface area contributed by atoms with Crippen molar-refractivity contribution in [1.29, 1.82) is 0 Å². The molecule has 2 aliphatic heterocycles. The summed E-state index contributed by atoms with van der Waals surface area (Å²) in [7, 11) is 1.80. The van der Waals surface area contributed by atoms with E-state index in [0.717, 1.165) is 19.7 Å². The number of aryl methyl sites for hydroxylation is 2. The Balaban J connectivity index is 1.49. The molecule has 1 spiro atoms. The Kier molecular flexibility index (Phi) is 5.85. The van der Waals surface area contributed by atoms with Crippen molar-refractivity contribution in [2.45, 2.75) is 39.7 Å². The fourth-order valence-corrected chi connectivity index (χ4v) is 5.24. The van der Waals surface area contributed by atoms with Crippen molar-refractivity contribution < 1.29 is 4.74 Å². The molecule has 4 rings (SSSR count). The van der Waals surface area contributed by atoms with Crippen LogP contribution in [0.2, 0.25) is 0 Å². The van der Waals surface area contributed by atoms with Gasteiger partial charge >= 0.3 is 0 Å². The Labute approximate surface area is 169 Å². The van der Waals surface area contributed by atoms with Gasteiger partial charge in [-0.05, 0) is 80.4 Å². The van der Waals surface area contributed by atoms with E-state index in [4.69, 9.17) is 4.74 Å². The maximum absolute atomic E-state index is 5.31. The van der Waals surface area contributed by atoms with Gasteiger partial charge in [0.25, 0.3) is 0 Å². The first kappa shape index (κ1) is 19.6. The standard InChI is InChI=1S/C23H34N4O/c1-19-14-20(2)21(22(15-19)27-10-5-8-24-27)16-26-11-7-23(18-26)6-4-9-25(17-23)12-13-28-3/h5,8,10,14-15H,4,6-7,9,11-13,16-18H2,1-3H3. The Morgan fingerprint density at radius 3 is 2.75 bits per heavy atom. The van der Waals surface area contributed by atoms with Crippen molar-refractivity contribution in [3.63, 3.8) is 0 Å². The molecular formula is C23H34N4O. The zero-order valence-electron chi connectivity index (χ0n) is 17.7. The van der Waals surface area contributed by atoms with Gasteiger partial charge in [-0.3, -0.25) is 4.90 Å². The van der Waals surface area contributed by atoms with E-state index in [2.05, 4.69) is 47.1 Å². The number of hydrogen-bond acceptors (Lipinski definition) is 4. The minimum atomic E-state index is 0.469. The SMILES string of the molecule is COCCN1CCCC2(CCN(Cc3c(C)cc(C)cc3-n3cccn3)C2)C1. The van der Waals surface area contributed by atoms with E-state index in [1.165, 1.54) is 67.8 Å². The number of nitrogens with zero attached hydrogens (tertiary/aromatic N) is 4. The number of benzene rings is 1. The van der Waals surface area contributed by atoms with Crippen LogP contribution < -0.4 is 0 Å². The lowest BCUT2D eigenvalue weighted by Gasteiger charge is -2.40. The second kappa shape index (κ2) is 8.36. The summed E-state index contributed by atoms with van der Waals surface area (Å²) < 4.78 is 7.33. The van der Waals surface area contributed by atoms with Crippen LogP contribution in [0.25, 0.3) is 5.69 Å². The number of piperidine rings is 1. The molecule has 0 radical (unpaired) electrons. The molecule has 0 aliphatic carbocycles. The maximum Gasteiger partial charge on any atom is 0.0695 e. The molecule has 152 valence electrons. The van der Waals surface area contributed by atoms with Gasteiger partial charge in [0, 0.05) is 45.7 Å². The molecule has 1 aromatic carbocycles. The fraction of sp³-hybridized carbons (Fsp3) is 0.609. The molecule has 1 unspecified atom stereocenters. The van der Waals surface area contributed by atoms with Crippen LogP contribution >= 0.6 is 0 Å². The van der Waals surface area contributed by atoms with Gasteiger partial charge in [0.2, 0.25) is 0 Å². The van der Waals surface area contributed by atoms with E-state index in [9.17, 15) is 0 Å². The highest BCUT2D eigenvalue weighted by Gasteiger charge is 2.41. The highest BCUT2D eigenvalue weighted by atomic mass is 16.5. The van der Waals surface area contributed by atoms with E-state index < -0.39 is 0 Å². The third-order valence-corrected chi connectivity index (χ3v) is 6.60. The summed E-state index contributed by atoms with van der Waals surface area (Å²) in [4.78, 5) is 5.29. The van der Waals surface area contributed by atoms with Crippen LogP contribution in [0.15, 0.2) is 30.6 Å². The van der Waals surface area contributed by atoms with Crippen molar-refractivity contribution in [3.05, 3.63) is 47.3 Å². The second-order valence-corrected chi connectivity index (χ2v) is 8.86. The van der Waals surface area contributed by atoms with Crippen molar-refractivity contribution in [2.24, 2.45) is 5.41 Å². The molecule has 5 heteroatoms.